The molecule has 5 atom stereocenters. The number of carboxylic acids is 2. The van der Waals surface area contributed by atoms with Gasteiger partial charge in [0.25, 0.3) is 0 Å². The predicted octanol–water partition coefficient (Wildman–Crippen LogP) is -0.910. The highest BCUT2D eigenvalue weighted by atomic mass is 16.4. The Kier molecular flexibility index (Phi) is 10.6. The number of hydrogen-bond acceptors (Lipinski definition) is 7. The number of aromatic nitrogens is 1. The summed E-state index contributed by atoms with van der Waals surface area (Å²) >= 11 is 0. The molecule has 202 valence electrons. The van der Waals surface area contributed by atoms with Gasteiger partial charge in [0.2, 0.25) is 17.7 Å². The van der Waals surface area contributed by atoms with Gasteiger partial charge in [-0.25, -0.2) is 4.79 Å². The van der Waals surface area contributed by atoms with Crippen molar-refractivity contribution in [1.29, 1.82) is 0 Å². The van der Waals surface area contributed by atoms with Crippen molar-refractivity contribution in [2.75, 3.05) is 6.61 Å². The molecule has 0 aliphatic heterocycles. The lowest BCUT2D eigenvalue weighted by Crippen LogP contribution is -2.59. The third-order valence-corrected chi connectivity index (χ3v) is 6.05. The normalized spacial score (nSPS) is 15.1. The summed E-state index contributed by atoms with van der Waals surface area (Å²) in [6.07, 6.45) is 1.46. The summed E-state index contributed by atoms with van der Waals surface area (Å²) in [5.74, 6) is -5.59. The summed E-state index contributed by atoms with van der Waals surface area (Å²) in [7, 11) is 0. The van der Waals surface area contributed by atoms with Gasteiger partial charge in [-0.1, -0.05) is 38.5 Å². The van der Waals surface area contributed by atoms with Gasteiger partial charge in [-0.15, -0.1) is 0 Å². The fourth-order valence-electron chi connectivity index (χ4n) is 3.69. The molecule has 1 heterocycles. The Morgan fingerprint density at radius 3 is 2.22 bits per heavy atom. The zero-order valence-electron chi connectivity index (χ0n) is 20.6. The van der Waals surface area contributed by atoms with E-state index in [0.29, 0.717) is 12.0 Å². The smallest absolute Gasteiger partial charge is 0.328 e. The average molecular weight is 520 g/mol. The number of aliphatic hydroxyl groups excluding tert-OH is 1. The molecule has 5 unspecified atom stereocenters. The number of aliphatic carboxylic acids is 2. The van der Waals surface area contributed by atoms with E-state index in [2.05, 4.69) is 20.9 Å². The molecular formula is C24H33N5O8. The number of fused-ring (bicyclic) bond motifs is 1. The van der Waals surface area contributed by atoms with E-state index in [0.717, 1.165) is 10.9 Å². The van der Waals surface area contributed by atoms with E-state index in [1.807, 2.05) is 18.2 Å². The van der Waals surface area contributed by atoms with Gasteiger partial charge in [0.1, 0.15) is 18.1 Å². The Bertz CT molecular complexity index is 1130. The van der Waals surface area contributed by atoms with Crippen molar-refractivity contribution < 1.29 is 39.3 Å². The van der Waals surface area contributed by atoms with Crippen molar-refractivity contribution in [3.63, 3.8) is 0 Å². The number of nitrogens with two attached hydrogens (primary N) is 1. The van der Waals surface area contributed by atoms with Crippen LogP contribution in [0.4, 0.5) is 0 Å². The van der Waals surface area contributed by atoms with Crippen molar-refractivity contribution in [3.8, 4) is 0 Å². The number of aliphatic hydroxyl groups is 1. The van der Waals surface area contributed by atoms with Crippen LogP contribution in [-0.4, -0.2) is 80.7 Å². The standard InChI is InChI=1S/C24H33N5O8/c1-3-12(2)20(23(35)28-18(11-30)24(36)37)29-22(34)17(27-21(33)15(25)9-19(31)32)8-13-10-26-16-7-5-4-6-14(13)16/h4-7,10,12,15,17-18,20,26,30H,3,8-9,11,25H2,1-2H3,(H,27,33)(H,28,35)(H,29,34)(H,31,32)(H,36,37). The van der Waals surface area contributed by atoms with Crippen LogP contribution in [0.1, 0.15) is 32.3 Å². The third-order valence-electron chi connectivity index (χ3n) is 6.05. The predicted molar refractivity (Wildman–Crippen MR) is 132 cm³/mol. The maximum absolute atomic E-state index is 13.4. The number of rotatable bonds is 14. The zero-order chi connectivity index (χ0) is 27.7. The molecule has 9 N–H and O–H groups in total. The lowest BCUT2D eigenvalue weighted by Gasteiger charge is -2.27. The minimum absolute atomic E-state index is 0.00931. The van der Waals surface area contributed by atoms with E-state index < -0.39 is 72.8 Å². The van der Waals surface area contributed by atoms with Crippen molar-refractivity contribution in [3.05, 3.63) is 36.0 Å². The molecule has 0 aliphatic carbocycles. The number of nitrogens with one attached hydrogen (secondary N) is 4. The molecule has 0 fully saturated rings. The lowest BCUT2D eigenvalue weighted by molar-refractivity contribution is -0.143. The minimum atomic E-state index is -1.56. The zero-order valence-corrected chi connectivity index (χ0v) is 20.6. The molecule has 0 radical (unpaired) electrons. The van der Waals surface area contributed by atoms with Crippen LogP contribution in [0.15, 0.2) is 30.5 Å². The molecule has 13 nitrogen and oxygen atoms in total. The van der Waals surface area contributed by atoms with Crippen molar-refractivity contribution in [2.45, 2.75) is 57.3 Å². The summed E-state index contributed by atoms with van der Waals surface area (Å²) < 4.78 is 0. The van der Waals surface area contributed by atoms with Gasteiger partial charge in [-0.05, 0) is 17.5 Å². The Morgan fingerprint density at radius 2 is 1.62 bits per heavy atom. The topological polar surface area (TPSA) is 224 Å². The molecule has 0 saturated carbocycles. The van der Waals surface area contributed by atoms with E-state index >= 15 is 0 Å². The third kappa shape index (κ3) is 8.02. The maximum Gasteiger partial charge on any atom is 0.328 e. The van der Waals surface area contributed by atoms with Gasteiger partial charge < -0.3 is 42.0 Å². The molecule has 1 aromatic heterocycles. The largest absolute Gasteiger partial charge is 0.481 e. The fourth-order valence-corrected chi connectivity index (χ4v) is 3.69. The fraction of sp³-hybridized carbons (Fsp3) is 0.458. The van der Waals surface area contributed by atoms with E-state index in [4.69, 9.17) is 15.9 Å². The first-order chi connectivity index (χ1) is 17.5. The van der Waals surface area contributed by atoms with Gasteiger partial charge in [0, 0.05) is 23.5 Å². The highest BCUT2D eigenvalue weighted by molar-refractivity contribution is 5.95. The number of carboxylic acid groups (broad SMARTS) is 2. The van der Waals surface area contributed by atoms with E-state index in [1.165, 1.54) is 0 Å². The molecule has 0 spiro atoms. The summed E-state index contributed by atoms with van der Waals surface area (Å²) in [5.41, 5.74) is 7.15. The first kappa shape index (κ1) is 29.3. The first-order valence-electron chi connectivity index (χ1n) is 11.8. The minimum Gasteiger partial charge on any atom is -0.481 e. The molecule has 0 aliphatic rings. The number of carbonyl (C=O) groups is 5. The number of carbonyl (C=O) groups excluding carboxylic acids is 3. The first-order valence-corrected chi connectivity index (χ1v) is 11.8. The number of benzene rings is 1. The van der Waals surface area contributed by atoms with Gasteiger partial charge in [0.05, 0.1) is 19.1 Å². The highest BCUT2D eigenvalue weighted by Crippen LogP contribution is 2.19. The number of para-hydroxylation sites is 1. The van der Waals surface area contributed by atoms with E-state index in [1.54, 1.807) is 26.1 Å². The quantitative estimate of drug-likeness (QED) is 0.154. The molecule has 1 aromatic carbocycles. The monoisotopic (exact) mass is 519 g/mol. The Hall–Kier alpha value is -3.97. The maximum atomic E-state index is 13.4. The molecule has 0 bridgehead atoms. The van der Waals surface area contributed by atoms with E-state index in [9.17, 15) is 29.1 Å². The second-order valence-electron chi connectivity index (χ2n) is 8.78. The number of H-pyrrole nitrogens is 1. The second kappa shape index (κ2) is 13.4. The van der Waals surface area contributed by atoms with Crippen LogP contribution in [0.3, 0.4) is 0 Å². The summed E-state index contributed by atoms with van der Waals surface area (Å²) in [6.45, 7) is 2.60. The molecule has 3 amide bonds. The molecule has 37 heavy (non-hydrogen) atoms. The van der Waals surface area contributed by atoms with Crippen LogP contribution in [0.5, 0.6) is 0 Å². The van der Waals surface area contributed by atoms with Crippen LogP contribution in [0, 0.1) is 5.92 Å². The molecular weight excluding hydrogens is 486 g/mol. The van der Waals surface area contributed by atoms with Gasteiger partial charge in [-0.2, -0.15) is 0 Å². The molecule has 13 heteroatoms. The number of amides is 3. The molecule has 0 saturated heterocycles. The second-order valence-corrected chi connectivity index (χ2v) is 8.78. The van der Waals surface area contributed by atoms with Crippen LogP contribution in [0.2, 0.25) is 0 Å². The number of aromatic amines is 1. The van der Waals surface area contributed by atoms with E-state index in [-0.39, 0.29) is 6.42 Å². The van der Waals surface area contributed by atoms with Crippen LogP contribution in [0.25, 0.3) is 10.9 Å². The van der Waals surface area contributed by atoms with Crippen molar-refractivity contribution >= 4 is 40.6 Å². The highest BCUT2D eigenvalue weighted by Gasteiger charge is 2.33. The summed E-state index contributed by atoms with van der Waals surface area (Å²) in [4.78, 5) is 64.1. The average Bonchev–Trinajstić information content (AvgIpc) is 3.26. The van der Waals surface area contributed by atoms with Gasteiger partial charge in [-0.3, -0.25) is 19.2 Å². The van der Waals surface area contributed by atoms with Crippen LogP contribution < -0.4 is 21.7 Å². The van der Waals surface area contributed by atoms with Crippen molar-refractivity contribution in [2.24, 2.45) is 11.7 Å². The molecule has 2 aromatic rings. The number of hydrogen-bond donors (Lipinski definition) is 8. The van der Waals surface area contributed by atoms with Gasteiger partial charge in [0.15, 0.2) is 0 Å². The SMILES string of the molecule is CCC(C)C(NC(=O)C(Cc1c[nH]c2ccccc12)NC(=O)C(N)CC(=O)O)C(=O)NC(CO)C(=O)O. The van der Waals surface area contributed by atoms with Crippen LogP contribution in [-0.2, 0) is 30.4 Å². The summed E-state index contributed by atoms with van der Waals surface area (Å²) in [6, 6.07) is 1.89. The Morgan fingerprint density at radius 1 is 0.973 bits per heavy atom. The Labute approximate surface area is 212 Å². The van der Waals surface area contributed by atoms with Gasteiger partial charge >= 0.3 is 11.9 Å². The Balaban J connectivity index is 2.32. The summed E-state index contributed by atoms with van der Waals surface area (Å²) in [5, 5.41) is 35.4. The van der Waals surface area contributed by atoms with Crippen molar-refractivity contribution in [1.82, 2.24) is 20.9 Å². The van der Waals surface area contributed by atoms with Crippen LogP contribution >= 0.6 is 0 Å². The lowest BCUT2D eigenvalue weighted by atomic mass is 9.96. The molecule has 2 rings (SSSR count).